The van der Waals surface area contributed by atoms with Crippen LogP contribution >= 0.6 is 0 Å². The molecule has 0 saturated heterocycles. The van der Waals surface area contributed by atoms with Crippen molar-refractivity contribution < 1.29 is 19.1 Å². The Bertz CT molecular complexity index is 1190. The van der Waals surface area contributed by atoms with Crippen LogP contribution in [-0.4, -0.2) is 24.7 Å². The molecule has 0 aliphatic carbocycles. The number of ether oxygens (including phenoxy) is 2. The Hall–Kier alpha value is -3.67. The maximum Gasteiger partial charge on any atom is 0.343 e. The van der Waals surface area contributed by atoms with Crippen molar-refractivity contribution in [3.8, 4) is 11.5 Å². The first-order chi connectivity index (χ1) is 18.6. The molecular formula is C32H40N2O4. The van der Waals surface area contributed by atoms with Crippen LogP contribution in [0.25, 0.3) is 10.8 Å². The van der Waals surface area contributed by atoms with Crippen LogP contribution in [0, 0.1) is 0 Å². The maximum absolute atomic E-state index is 12.8. The lowest BCUT2D eigenvalue weighted by Gasteiger charge is -2.11. The van der Waals surface area contributed by atoms with Crippen molar-refractivity contribution >= 4 is 28.9 Å². The number of carbonyl (C=O) groups is 2. The number of hydrazone groups is 1. The van der Waals surface area contributed by atoms with Crippen LogP contribution in [0.15, 0.2) is 65.8 Å². The number of carbonyl (C=O) groups excluding carboxylic acids is 2. The fourth-order valence-corrected chi connectivity index (χ4v) is 4.33. The summed E-state index contributed by atoms with van der Waals surface area (Å²) in [6.45, 7) is 4.69. The highest BCUT2D eigenvalue weighted by Crippen LogP contribution is 2.27. The van der Waals surface area contributed by atoms with Gasteiger partial charge in [0.25, 0.3) is 0 Å². The summed E-state index contributed by atoms with van der Waals surface area (Å²) in [4.78, 5) is 25.1. The summed E-state index contributed by atoms with van der Waals surface area (Å²) >= 11 is 0. The summed E-state index contributed by atoms with van der Waals surface area (Å²) < 4.78 is 11.2. The summed E-state index contributed by atoms with van der Waals surface area (Å²) in [5.74, 6) is 0.477. The van der Waals surface area contributed by atoms with Gasteiger partial charge in [0, 0.05) is 12.0 Å². The van der Waals surface area contributed by atoms with Crippen molar-refractivity contribution in [2.45, 2.75) is 78.1 Å². The summed E-state index contributed by atoms with van der Waals surface area (Å²) in [7, 11) is 0. The van der Waals surface area contributed by atoms with E-state index in [-0.39, 0.29) is 5.91 Å². The first kappa shape index (κ1) is 28.9. The zero-order valence-corrected chi connectivity index (χ0v) is 22.7. The minimum Gasteiger partial charge on any atom is -0.494 e. The molecule has 0 aromatic heterocycles. The van der Waals surface area contributed by atoms with Gasteiger partial charge < -0.3 is 9.47 Å². The van der Waals surface area contributed by atoms with Gasteiger partial charge in [0.2, 0.25) is 5.91 Å². The molecule has 3 aromatic carbocycles. The largest absolute Gasteiger partial charge is 0.494 e. The smallest absolute Gasteiger partial charge is 0.343 e. The molecule has 6 heteroatoms. The molecule has 0 spiro atoms. The van der Waals surface area contributed by atoms with Gasteiger partial charge in [-0.25, -0.2) is 10.2 Å². The molecule has 3 aromatic rings. The zero-order valence-electron chi connectivity index (χ0n) is 22.7. The Balaban J connectivity index is 1.57. The monoisotopic (exact) mass is 516 g/mol. The zero-order chi connectivity index (χ0) is 27.0. The molecule has 0 unspecified atom stereocenters. The van der Waals surface area contributed by atoms with Gasteiger partial charge in [-0.1, -0.05) is 88.6 Å². The second-order valence-corrected chi connectivity index (χ2v) is 9.42. The number of benzene rings is 3. The Kier molecular flexibility index (Phi) is 12.3. The van der Waals surface area contributed by atoms with Gasteiger partial charge in [-0.3, -0.25) is 4.79 Å². The fraction of sp³-hybridized carbons (Fsp3) is 0.406. The lowest BCUT2D eigenvalue weighted by Crippen LogP contribution is -2.17. The van der Waals surface area contributed by atoms with Gasteiger partial charge >= 0.3 is 5.97 Å². The molecule has 1 amide bonds. The van der Waals surface area contributed by atoms with Gasteiger partial charge in [-0.15, -0.1) is 0 Å². The van der Waals surface area contributed by atoms with Gasteiger partial charge in [0.05, 0.1) is 18.4 Å². The molecule has 6 nitrogen and oxygen atoms in total. The molecular weight excluding hydrogens is 476 g/mol. The fourth-order valence-electron chi connectivity index (χ4n) is 4.33. The third-order valence-corrected chi connectivity index (χ3v) is 6.42. The van der Waals surface area contributed by atoms with Crippen LogP contribution < -0.4 is 14.9 Å². The Morgan fingerprint density at radius 1 is 0.816 bits per heavy atom. The lowest BCUT2D eigenvalue weighted by atomic mass is 10.0. The van der Waals surface area contributed by atoms with Crippen LogP contribution in [0.5, 0.6) is 11.5 Å². The van der Waals surface area contributed by atoms with Gasteiger partial charge in [-0.2, -0.15) is 5.10 Å². The second kappa shape index (κ2) is 16.2. The Morgan fingerprint density at radius 2 is 1.50 bits per heavy atom. The third kappa shape index (κ3) is 9.33. The number of hydrogen-bond acceptors (Lipinski definition) is 5. The number of rotatable bonds is 16. The molecule has 0 fully saturated rings. The molecule has 0 aliphatic heterocycles. The van der Waals surface area contributed by atoms with Crippen molar-refractivity contribution in [3.05, 3.63) is 71.8 Å². The highest BCUT2D eigenvalue weighted by Gasteiger charge is 2.14. The van der Waals surface area contributed by atoms with E-state index in [1.54, 1.807) is 36.5 Å². The minimum atomic E-state index is -0.479. The summed E-state index contributed by atoms with van der Waals surface area (Å²) in [5.41, 5.74) is 3.67. The van der Waals surface area contributed by atoms with E-state index in [2.05, 4.69) is 17.5 Å². The number of esters is 1. The summed E-state index contributed by atoms with van der Waals surface area (Å²) in [6.07, 6.45) is 12.8. The second-order valence-electron chi connectivity index (χ2n) is 9.42. The van der Waals surface area contributed by atoms with E-state index in [1.807, 2.05) is 37.3 Å². The number of nitrogens with zero attached hydrogens (tertiary/aromatic N) is 1. The minimum absolute atomic E-state index is 0.114. The van der Waals surface area contributed by atoms with E-state index in [0.29, 0.717) is 35.7 Å². The normalized spacial score (nSPS) is 11.1. The molecule has 38 heavy (non-hydrogen) atoms. The van der Waals surface area contributed by atoms with E-state index in [9.17, 15) is 9.59 Å². The molecule has 0 radical (unpaired) electrons. The highest BCUT2D eigenvalue weighted by atomic mass is 16.5. The lowest BCUT2D eigenvalue weighted by molar-refractivity contribution is -0.121. The van der Waals surface area contributed by atoms with Crippen LogP contribution in [0.1, 0.15) is 94.0 Å². The van der Waals surface area contributed by atoms with Crippen molar-refractivity contribution in [1.29, 1.82) is 0 Å². The summed E-state index contributed by atoms with van der Waals surface area (Å²) in [5, 5.41) is 6.05. The van der Waals surface area contributed by atoms with E-state index < -0.39 is 5.97 Å². The van der Waals surface area contributed by atoms with Gasteiger partial charge in [-0.05, 0) is 54.4 Å². The van der Waals surface area contributed by atoms with E-state index in [0.717, 1.165) is 23.6 Å². The average Bonchev–Trinajstić information content (AvgIpc) is 2.93. The average molecular weight is 517 g/mol. The van der Waals surface area contributed by atoms with Crippen LogP contribution in [0.3, 0.4) is 0 Å². The van der Waals surface area contributed by atoms with E-state index in [1.165, 1.54) is 44.9 Å². The SMILES string of the molecule is CCCCCCCCCCCC(=O)NN=Cc1c(OC(=O)c2ccc(OCC)cc2)ccc2ccccc12. The number of nitrogens with one attached hydrogen (secondary N) is 1. The standard InChI is InChI=1S/C32H40N2O4/c1-3-5-6-7-8-9-10-11-12-17-31(35)34-33-24-29-28-16-14-13-15-25(28)20-23-30(29)38-32(36)26-18-21-27(22-19-26)37-4-2/h13-16,18-24H,3-12,17H2,1-2H3,(H,34,35). The summed E-state index contributed by atoms with van der Waals surface area (Å²) in [6, 6.07) is 18.3. The van der Waals surface area contributed by atoms with Gasteiger partial charge in [0.1, 0.15) is 11.5 Å². The number of fused-ring (bicyclic) bond motifs is 1. The predicted molar refractivity (Wildman–Crippen MR) is 154 cm³/mol. The van der Waals surface area contributed by atoms with Crippen molar-refractivity contribution in [3.63, 3.8) is 0 Å². The van der Waals surface area contributed by atoms with Crippen LogP contribution in [0.4, 0.5) is 0 Å². The van der Waals surface area contributed by atoms with E-state index >= 15 is 0 Å². The first-order valence-electron chi connectivity index (χ1n) is 13.9. The van der Waals surface area contributed by atoms with E-state index in [4.69, 9.17) is 9.47 Å². The molecule has 0 aliphatic rings. The quantitative estimate of drug-likeness (QED) is 0.0692. The molecule has 1 N–H and O–H groups in total. The molecule has 3 rings (SSSR count). The third-order valence-electron chi connectivity index (χ3n) is 6.42. The Labute approximate surface area is 226 Å². The number of unbranched alkanes of at least 4 members (excludes halogenated alkanes) is 8. The van der Waals surface area contributed by atoms with Crippen LogP contribution in [0.2, 0.25) is 0 Å². The molecule has 0 atom stereocenters. The van der Waals surface area contributed by atoms with Crippen molar-refractivity contribution in [2.24, 2.45) is 5.10 Å². The van der Waals surface area contributed by atoms with Crippen molar-refractivity contribution in [1.82, 2.24) is 5.43 Å². The Morgan fingerprint density at radius 3 is 2.21 bits per heavy atom. The van der Waals surface area contributed by atoms with Gasteiger partial charge in [0.15, 0.2) is 0 Å². The van der Waals surface area contributed by atoms with Crippen molar-refractivity contribution in [2.75, 3.05) is 6.61 Å². The molecule has 0 bridgehead atoms. The predicted octanol–water partition coefficient (Wildman–Crippen LogP) is 7.83. The molecule has 0 heterocycles. The topological polar surface area (TPSA) is 77.0 Å². The first-order valence-corrected chi connectivity index (χ1v) is 13.9. The number of hydrogen-bond donors (Lipinski definition) is 1. The number of amides is 1. The molecule has 202 valence electrons. The highest BCUT2D eigenvalue weighted by molar-refractivity contribution is 6.04. The van der Waals surface area contributed by atoms with Crippen LogP contribution in [-0.2, 0) is 4.79 Å². The maximum atomic E-state index is 12.8. The molecule has 0 saturated carbocycles.